The molecule has 1 aromatic heterocycles. The fourth-order valence-electron chi connectivity index (χ4n) is 1.45. The summed E-state index contributed by atoms with van der Waals surface area (Å²) in [7, 11) is 0. The molecule has 0 fully saturated rings. The van der Waals surface area contributed by atoms with E-state index in [1.54, 1.807) is 12.3 Å². The zero-order chi connectivity index (χ0) is 14.9. The summed E-state index contributed by atoms with van der Waals surface area (Å²) in [5.41, 5.74) is -0.721. The molecular weight excluding hydrogens is 292 g/mol. The van der Waals surface area contributed by atoms with Gasteiger partial charge in [-0.2, -0.15) is 0 Å². The number of anilines is 1. The molecule has 0 aliphatic heterocycles. The average molecular weight is 299 g/mol. The maximum atomic E-state index is 13.1. The predicted molar refractivity (Wildman–Crippen MR) is 67.8 cm³/mol. The van der Waals surface area contributed by atoms with Crippen molar-refractivity contribution in [1.82, 2.24) is 4.98 Å². The summed E-state index contributed by atoms with van der Waals surface area (Å²) in [6.07, 6.45) is 0. The molecule has 6 nitrogen and oxygen atoms in total. The van der Waals surface area contributed by atoms with Crippen LogP contribution in [0.15, 0.2) is 17.5 Å². The summed E-state index contributed by atoms with van der Waals surface area (Å²) in [6, 6.07) is 0.862. The largest absolute Gasteiger partial charge is 0.298 e. The molecule has 0 saturated heterocycles. The van der Waals surface area contributed by atoms with E-state index >= 15 is 0 Å². The summed E-state index contributed by atoms with van der Waals surface area (Å²) in [5, 5.41) is 14.9. The SMILES string of the molecule is Cc1csc(NC(=O)c2cc(F)c(F)cc2[N+](=O)[O-])n1. The van der Waals surface area contributed by atoms with Gasteiger partial charge in [0.1, 0.15) is 5.56 Å². The summed E-state index contributed by atoms with van der Waals surface area (Å²) in [5.74, 6) is -3.65. The molecule has 0 bridgehead atoms. The van der Waals surface area contributed by atoms with Crippen molar-refractivity contribution in [2.45, 2.75) is 6.92 Å². The van der Waals surface area contributed by atoms with Crippen LogP contribution in [0.25, 0.3) is 0 Å². The zero-order valence-electron chi connectivity index (χ0n) is 10.0. The topological polar surface area (TPSA) is 85.1 Å². The lowest BCUT2D eigenvalue weighted by Crippen LogP contribution is -2.14. The Labute approximate surface area is 115 Å². The summed E-state index contributed by atoms with van der Waals surface area (Å²) in [4.78, 5) is 25.6. The molecule has 0 unspecified atom stereocenters. The Morgan fingerprint density at radius 1 is 1.40 bits per heavy atom. The van der Waals surface area contributed by atoms with Crippen LogP contribution >= 0.6 is 11.3 Å². The Morgan fingerprint density at radius 2 is 2.05 bits per heavy atom. The van der Waals surface area contributed by atoms with Crippen molar-refractivity contribution in [2.24, 2.45) is 0 Å². The number of nitrogens with zero attached hydrogens (tertiary/aromatic N) is 2. The number of nitro groups is 1. The lowest BCUT2D eigenvalue weighted by atomic mass is 10.1. The lowest BCUT2D eigenvalue weighted by Gasteiger charge is -2.04. The first-order valence-electron chi connectivity index (χ1n) is 5.25. The first-order valence-corrected chi connectivity index (χ1v) is 6.13. The number of rotatable bonds is 3. The maximum Gasteiger partial charge on any atom is 0.285 e. The third kappa shape index (κ3) is 2.77. The van der Waals surface area contributed by atoms with Crippen molar-refractivity contribution in [1.29, 1.82) is 0 Å². The van der Waals surface area contributed by atoms with E-state index in [4.69, 9.17) is 0 Å². The lowest BCUT2D eigenvalue weighted by molar-refractivity contribution is -0.385. The first kappa shape index (κ1) is 14.0. The van der Waals surface area contributed by atoms with Crippen molar-refractivity contribution in [3.05, 3.63) is 50.5 Å². The first-order chi connectivity index (χ1) is 9.38. The number of hydrogen-bond donors (Lipinski definition) is 1. The van der Waals surface area contributed by atoms with E-state index in [1.807, 2.05) is 0 Å². The zero-order valence-corrected chi connectivity index (χ0v) is 10.8. The van der Waals surface area contributed by atoms with Crippen molar-refractivity contribution in [3.8, 4) is 0 Å². The van der Waals surface area contributed by atoms with Gasteiger partial charge in [-0.15, -0.1) is 11.3 Å². The number of thiazole rings is 1. The van der Waals surface area contributed by atoms with Gasteiger partial charge < -0.3 is 0 Å². The molecule has 0 aliphatic rings. The van der Waals surface area contributed by atoms with Gasteiger partial charge in [0, 0.05) is 5.38 Å². The van der Waals surface area contributed by atoms with Crippen LogP contribution in [0.3, 0.4) is 0 Å². The number of halogens is 2. The van der Waals surface area contributed by atoms with Gasteiger partial charge in [0.05, 0.1) is 16.7 Å². The minimum atomic E-state index is -1.39. The Bertz CT molecular complexity index is 702. The molecule has 20 heavy (non-hydrogen) atoms. The van der Waals surface area contributed by atoms with Gasteiger partial charge in [-0.05, 0) is 13.0 Å². The second-order valence-electron chi connectivity index (χ2n) is 3.79. The van der Waals surface area contributed by atoms with Crippen LogP contribution in [0.5, 0.6) is 0 Å². The normalized spacial score (nSPS) is 10.3. The standard InChI is InChI=1S/C11H7F2N3O3S/c1-5-4-20-11(14-5)15-10(17)6-2-7(12)8(13)3-9(6)16(18)19/h2-4H,1H3,(H,14,15,17). The molecular formula is C11H7F2N3O3S. The molecule has 104 valence electrons. The molecule has 1 heterocycles. The molecule has 0 radical (unpaired) electrons. The Morgan fingerprint density at radius 3 is 2.60 bits per heavy atom. The van der Waals surface area contributed by atoms with E-state index in [9.17, 15) is 23.7 Å². The van der Waals surface area contributed by atoms with Crippen LogP contribution in [0.4, 0.5) is 19.6 Å². The number of amides is 1. The highest BCUT2D eigenvalue weighted by molar-refractivity contribution is 7.13. The molecule has 0 saturated carbocycles. The van der Waals surface area contributed by atoms with E-state index in [2.05, 4.69) is 10.3 Å². The number of aromatic nitrogens is 1. The number of nitro benzene ring substituents is 1. The van der Waals surface area contributed by atoms with Crippen LogP contribution in [0, 0.1) is 28.7 Å². The summed E-state index contributed by atoms with van der Waals surface area (Å²) < 4.78 is 26.1. The fraction of sp³-hybridized carbons (Fsp3) is 0.0909. The van der Waals surface area contributed by atoms with Crippen molar-refractivity contribution in [2.75, 3.05) is 5.32 Å². The van der Waals surface area contributed by atoms with Gasteiger partial charge in [-0.25, -0.2) is 13.8 Å². The number of carbonyl (C=O) groups excluding carboxylic acids is 1. The van der Waals surface area contributed by atoms with Gasteiger partial charge in [0.25, 0.3) is 11.6 Å². The molecule has 1 aromatic carbocycles. The van der Waals surface area contributed by atoms with E-state index in [1.165, 1.54) is 0 Å². The number of benzene rings is 1. The Balaban J connectivity index is 2.38. The van der Waals surface area contributed by atoms with Crippen LogP contribution in [0.2, 0.25) is 0 Å². The van der Waals surface area contributed by atoms with Crippen LogP contribution < -0.4 is 5.32 Å². The van der Waals surface area contributed by atoms with Crippen LogP contribution in [0.1, 0.15) is 16.1 Å². The number of nitrogens with one attached hydrogen (secondary N) is 1. The third-order valence-corrected chi connectivity index (χ3v) is 3.19. The number of hydrogen-bond acceptors (Lipinski definition) is 5. The molecule has 0 spiro atoms. The van der Waals surface area contributed by atoms with E-state index in [0.29, 0.717) is 17.8 Å². The van der Waals surface area contributed by atoms with Crippen molar-refractivity contribution in [3.63, 3.8) is 0 Å². The summed E-state index contributed by atoms with van der Waals surface area (Å²) >= 11 is 1.11. The molecule has 1 N–H and O–H groups in total. The van der Waals surface area contributed by atoms with Crippen LogP contribution in [-0.4, -0.2) is 15.8 Å². The maximum absolute atomic E-state index is 13.1. The molecule has 2 aromatic rings. The van der Waals surface area contributed by atoms with Gasteiger partial charge in [-0.1, -0.05) is 0 Å². The minimum Gasteiger partial charge on any atom is -0.298 e. The Kier molecular flexibility index (Phi) is 3.70. The van der Waals surface area contributed by atoms with Crippen molar-refractivity contribution < 1.29 is 18.5 Å². The Hall–Kier alpha value is -2.42. The van der Waals surface area contributed by atoms with Crippen molar-refractivity contribution >= 4 is 28.1 Å². The van der Waals surface area contributed by atoms with Gasteiger partial charge in [-0.3, -0.25) is 20.2 Å². The van der Waals surface area contributed by atoms with E-state index < -0.39 is 33.7 Å². The number of aryl methyl sites for hydroxylation is 1. The highest BCUT2D eigenvalue weighted by Crippen LogP contribution is 2.24. The second kappa shape index (κ2) is 5.29. The number of carbonyl (C=O) groups is 1. The molecule has 2 rings (SSSR count). The summed E-state index contributed by atoms with van der Waals surface area (Å²) in [6.45, 7) is 1.70. The fourth-order valence-corrected chi connectivity index (χ4v) is 2.13. The highest BCUT2D eigenvalue weighted by Gasteiger charge is 2.24. The van der Waals surface area contributed by atoms with E-state index in [0.717, 1.165) is 11.3 Å². The molecule has 1 amide bonds. The highest BCUT2D eigenvalue weighted by atomic mass is 32.1. The second-order valence-corrected chi connectivity index (χ2v) is 4.65. The average Bonchev–Trinajstić information content (AvgIpc) is 2.77. The molecule has 0 aliphatic carbocycles. The monoisotopic (exact) mass is 299 g/mol. The molecule has 9 heteroatoms. The van der Waals surface area contributed by atoms with E-state index in [-0.39, 0.29) is 5.13 Å². The van der Waals surface area contributed by atoms with Gasteiger partial charge in [0.15, 0.2) is 16.8 Å². The predicted octanol–water partition coefficient (Wildman–Crippen LogP) is 2.89. The van der Waals surface area contributed by atoms with Gasteiger partial charge in [0.2, 0.25) is 0 Å². The quantitative estimate of drug-likeness (QED) is 0.697. The smallest absolute Gasteiger partial charge is 0.285 e. The third-order valence-electron chi connectivity index (χ3n) is 2.32. The molecule has 0 atom stereocenters. The van der Waals surface area contributed by atoms with Gasteiger partial charge >= 0.3 is 0 Å². The van der Waals surface area contributed by atoms with Crippen LogP contribution in [-0.2, 0) is 0 Å². The minimum absolute atomic E-state index is 0.214.